The Bertz CT molecular complexity index is 613. The summed E-state index contributed by atoms with van der Waals surface area (Å²) in [5.41, 5.74) is 7.23. The Morgan fingerprint density at radius 1 is 1.48 bits per heavy atom. The number of carbonyl (C=O) groups excluding carboxylic acids is 1. The molecule has 0 bridgehead atoms. The molecular formula is C12H10BrF3N4O. The van der Waals surface area contributed by atoms with Gasteiger partial charge in [-0.2, -0.15) is 13.2 Å². The lowest BCUT2D eigenvalue weighted by Gasteiger charge is -2.22. The number of amides is 1. The van der Waals surface area contributed by atoms with Gasteiger partial charge in [-0.1, -0.05) is 21.0 Å². The van der Waals surface area contributed by atoms with Crippen molar-refractivity contribution in [3.8, 4) is 0 Å². The third-order valence-corrected chi connectivity index (χ3v) is 3.66. The molecule has 1 aliphatic rings. The number of carbonyl (C=O) groups is 1. The SMILES string of the molecule is [N-]=[N+]=NCC1CC(=O)N(c2ccc(Br)cc2C(F)(F)F)C1. The Hall–Kier alpha value is -1.73. The maximum absolute atomic E-state index is 13.1. The summed E-state index contributed by atoms with van der Waals surface area (Å²) in [5, 5.41) is 3.37. The van der Waals surface area contributed by atoms with Crippen LogP contribution < -0.4 is 4.90 Å². The molecule has 1 saturated heterocycles. The summed E-state index contributed by atoms with van der Waals surface area (Å²) < 4.78 is 39.5. The maximum Gasteiger partial charge on any atom is 0.418 e. The monoisotopic (exact) mass is 362 g/mol. The minimum Gasteiger partial charge on any atom is -0.312 e. The molecule has 1 amide bonds. The fraction of sp³-hybridized carbons (Fsp3) is 0.417. The average Bonchev–Trinajstić information content (AvgIpc) is 2.76. The first-order chi connectivity index (χ1) is 9.82. The van der Waals surface area contributed by atoms with Gasteiger partial charge < -0.3 is 4.90 Å². The lowest BCUT2D eigenvalue weighted by molar-refractivity contribution is -0.137. The highest BCUT2D eigenvalue weighted by molar-refractivity contribution is 9.10. The highest BCUT2D eigenvalue weighted by atomic mass is 79.9. The Morgan fingerprint density at radius 3 is 2.81 bits per heavy atom. The number of hydrogen-bond donors (Lipinski definition) is 0. The Labute approximate surface area is 126 Å². The molecule has 1 fully saturated rings. The van der Waals surface area contributed by atoms with E-state index in [-0.39, 0.29) is 35.6 Å². The van der Waals surface area contributed by atoms with Crippen LogP contribution in [0.4, 0.5) is 18.9 Å². The number of alkyl halides is 3. The summed E-state index contributed by atoms with van der Waals surface area (Å²) in [4.78, 5) is 15.6. The van der Waals surface area contributed by atoms with Crippen LogP contribution in [0.2, 0.25) is 0 Å². The third kappa shape index (κ3) is 3.48. The van der Waals surface area contributed by atoms with E-state index >= 15 is 0 Å². The molecule has 2 rings (SSSR count). The zero-order chi connectivity index (χ0) is 15.6. The second-order valence-corrected chi connectivity index (χ2v) is 5.56. The van der Waals surface area contributed by atoms with Gasteiger partial charge in [0.25, 0.3) is 0 Å². The molecular weight excluding hydrogens is 353 g/mol. The smallest absolute Gasteiger partial charge is 0.312 e. The number of benzene rings is 1. The predicted molar refractivity (Wildman–Crippen MR) is 73.6 cm³/mol. The first-order valence-electron chi connectivity index (χ1n) is 6.01. The van der Waals surface area contributed by atoms with E-state index in [2.05, 4.69) is 26.0 Å². The van der Waals surface area contributed by atoms with Crippen molar-refractivity contribution in [2.75, 3.05) is 18.0 Å². The van der Waals surface area contributed by atoms with Crippen molar-refractivity contribution in [2.45, 2.75) is 12.6 Å². The molecule has 0 N–H and O–H groups in total. The maximum atomic E-state index is 13.1. The lowest BCUT2D eigenvalue weighted by atomic mass is 10.1. The van der Waals surface area contributed by atoms with E-state index < -0.39 is 17.6 Å². The Morgan fingerprint density at radius 2 is 2.19 bits per heavy atom. The second kappa shape index (κ2) is 5.95. The fourth-order valence-electron chi connectivity index (χ4n) is 2.26. The van der Waals surface area contributed by atoms with Gasteiger partial charge in [0.05, 0.1) is 11.3 Å². The molecule has 0 aliphatic carbocycles. The first kappa shape index (κ1) is 15.7. The lowest BCUT2D eigenvalue weighted by Crippen LogP contribution is -2.27. The van der Waals surface area contributed by atoms with Gasteiger partial charge in [-0.3, -0.25) is 4.79 Å². The zero-order valence-corrected chi connectivity index (χ0v) is 12.2. The molecule has 112 valence electrons. The van der Waals surface area contributed by atoms with Crippen molar-refractivity contribution in [1.29, 1.82) is 0 Å². The molecule has 0 spiro atoms. The number of anilines is 1. The Kier molecular flexibility index (Phi) is 4.43. The number of azide groups is 1. The molecule has 21 heavy (non-hydrogen) atoms. The summed E-state index contributed by atoms with van der Waals surface area (Å²) in [6.07, 6.45) is -4.48. The summed E-state index contributed by atoms with van der Waals surface area (Å²) >= 11 is 3.00. The molecule has 1 aromatic rings. The van der Waals surface area contributed by atoms with E-state index in [0.29, 0.717) is 0 Å². The van der Waals surface area contributed by atoms with Gasteiger partial charge in [-0.05, 0) is 29.6 Å². The topological polar surface area (TPSA) is 69.1 Å². The summed E-state index contributed by atoms with van der Waals surface area (Å²) in [7, 11) is 0. The number of halogens is 4. The number of hydrogen-bond acceptors (Lipinski definition) is 2. The van der Waals surface area contributed by atoms with Crippen molar-refractivity contribution >= 4 is 27.5 Å². The van der Waals surface area contributed by atoms with Crippen LogP contribution in [0.25, 0.3) is 10.4 Å². The minimum atomic E-state index is -4.55. The normalized spacial score (nSPS) is 18.8. The van der Waals surface area contributed by atoms with Crippen LogP contribution in [0.1, 0.15) is 12.0 Å². The molecule has 1 aromatic carbocycles. The van der Waals surface area contributed by atoms with Gasteiger partial charge >= 0.3 is 6.18 Å². The largest absolute Gasteiger partial charge is 0.418 e. The van der Waals surface area contributed by atoms with Crippen LogP contribution in [-0.2, 0) is 11.0 Å². The van der Waals surface area contributed by atoms with E-state index in [0.717, 1.165) is 11.0 Å². The summed E-state index contributed by atoms with van der Waals surface area (Å²) in [6, 6.07) is 3.67. The van der Waals surface area contributed by atoms with Gasteiger partial charge in [-0.15, -0.1) is 0 Å². The van der Waals surface area contributed by atoms with E-state index in [4.69, 9.17) is 5.53 Å². The highest BCUT2D eigenvalue weighted by Crippen LogP contribution is 2.40. The molecule has 1 aliphatic heterocycles. The van der Waals surface area contributed by atoms with Crippen LogP contribution in [0.15, 0.2) is 27.8 Å². The van der Waals surface area contributed by atoms with Crippen LogP contribution >= 0.6 is 15.9 Å². The molecule has 5 nitrogen and oxygen atoms in total. The number of nitrogens with zero attached hydrogens (tertiary/aromatic N) is 4. The van der Waals surface area contributed by atoms with E-state index in [9.17, 15) is 18.0 Å². The standard InChI is InChI=1S/C12H10BrF3N4O/c13-8-1-2-10(9(4-8)12(14,15)16)20-6-7(3-11(20)21)5-18-19-17/h1-2,4,7H,3,5-6H2. The zero-order valence-electron chi connectivity index (χ0n) is 10.6. The molecule has 1 heterocycles. The van der Waals surface area contributed by atoms with E-state index in [1.807, 2.05) is 0 Å². The van der Waals surface area contributed by atoms with Gasteiger partial charge in [0.15, 0.2) is 0 Å². The van der Waals surface area contributed by atoms with Crippen LogP contribution in [0.5, 0.6) is 0 Å². The van der Waals surface area contributed by atoms with Crippen LogP contribution in [0, 0.1) is 5.92 Å². The molecule has 0 radical (unpaired) electrons. The summed E-state index contributed by atoms with van der Waals surface area (Å²) in [6.45, 7) is 0.208. The predicted octanol–water partition coefficient (Wildman–Crippen LogP) is 4.13. The van der Waals surface area contributed by atoms with Gasteiger partial charge in [0.2, 0.25) is 5.91 Å². The van der Waals surface area contributed by atoms with Crippen LogP contribution in [0.3, 0.4) is 0 Å². The third-order valence-electron chi connectivity index (χ3n) is 3.16. The van der Waals surface area contributed by atoms with E-state index in [1.54, 1.807) is 0 Å². The molecule has 0 saturated carbocycles. The average molecular weight is 363 g/mol. The summed E-state index contributed by atoms with van der Waals surface area (Å²) in [5.74, 6) is -0.668. The van der Waals surface area contributed by atoms with Crippen molar-refractivity contribution in [1.82, 2.24) is 0 Å². The fourth-order valence-corrected chi connectivity index (χ4v) is 2.62. The van der Waals surface area contributed by atoms with Crippen molar-refractivity contribution in [2.24, 2.45) is 11.0 Å². The minimum absolute atomic E-state index is 0.0758. The molecule has 1 atom stereocenters. The number of rotatable bonds is 3. The van der Waals surface area contributed by atoms with Crippen molar-refractivity contribution < 1.29 is 18.0 Å². The molecule has 9 heteroatoms. The highest BCUT2D eigenvalue weighted by Gasteiger charge is 2.39. The van der Waals surface area contributed by atoms with Gasteiger partial charge in [0, 0.05) is 28.9 Å². The van der Waals surface area contributed by atoms with Gasteiger partial charge in [-0.25, -0.2) is 0 Å². The quantitative estimate of drug-likeness (QED) is 0.452. The van der Waals surface area contributed by atoms with Gasteiger partial charge in [0.1, 0.15) is 0 Å². The van der Waals surface area contributed by atoms with Crippen LogP contribution in [-0.4, -0.2) is 19.0 Å². The first-order valence-corrected chi connectivity index (χ1v) is 6.80. The second-order valence-electron chi connectivity index (χ2n) is 4.65. The van der Waals surface area contributed by atoms with E-state index in [1.165, 1.54) is 12.1 Å². The molecule has 0 aromatic heterocycles. The van der Waals surface area contributed by atoms with Crippen molar-refractivity contribution in [3.63, 3.8) is 0 Å². The Balaban J connectivity index is 2.34. The molecule has 1 unspecified atom stereocenters. The van der Waals surface area contributed by atoms with Crippen molar-refractivity contribution in [3.05, 3.63) is 38.7 Å².